The molecule has 0 bridgehead atoms. The number of carbonyl (C=O) groups excluding carboxylic acids is 3. The summed E-state index contributed by atoms with van der Waals surface area (Å²) in [6, 6.07) is 3.79. The molecule has 0 atom stereocenters. The number of aromatic nitrogens is 1. The van der Waals surface area contributed by atoms with Crippen molar-refractivity contribution < 1.29 is 19.1 Å². The molecule has 0 aliphatic carbocycles. The molecule has 1 aromatic rings. The second-order valence-corrected chi connectivity index (χ2v) is 5.52. The molecule has 6 nitrogen and oxygen atoms in total. The Morgan fingerprint density at radius 2 is 2.10 bits per heavy atom. The smallest absolute Gasteiger partial charge is 0.326 e. The second kappa shape index (κ2) is 6.17. The number of carbonyl (C=O) groups is 3. The average molecular weight is 308 g/mol. The number of esters is 1. The third-order valence-electron chi connectivity index (χ3n) is 3.16. The first-order valence-corrected chi connectivity index (χ1v) is 7.29. The zero-order valence-electron chi connectivity index (χ0n) is 12.1. The molecule has 7 heteroatoms. The molecule has 2 amide bonds. The molecule has 1 aromatic heterocycles. The lowest BCUT2D eigenvalue weighted by molar-refractivity contribution is -0.145. The maximum Gasteiger partial charge on any atom is 0.326 e. The minimum Gasteiger partial charge on any atom is -0.465 e. The maximum atomic E-state index is 12.2. The highest BCUT2D eigenvalue weighted by atomic mass is 32.2. The molecule has 21 heavy (non-hydrogen) atoms. The fraction of sp³-hybridized carbons (Fsp3) is 0.357. The van der Waals surface area contributed by atoms with Crippen molar-refractivity contribution in [2.45, 2.75) is 13.8 Å². The van der Waals surface area contributed by atoms with Crippen molar-refractivity contribution >= 4 is 35.0 Å². The van der Waals surface area contributed by atoms with Crippen LogP contribution in [0.4, 0.5) is 4.79 Å². The van der Waals surface area contributed by atoms with Crippen molar-refractivity contribution in [1.82, 2.24) is 9.47 Å². The first-order chi connectivity index (χ1) is 9.93. The third kappa shape index (κ3) is 3.18. The summed E-state index contributed by atoms with van der Waals surface area (Å²) in [5.74, 6) is -1.05. The van der Waals surface area contributed by atoms with E-state index in [4.69, 9.17) is 4.74 Å². The lowest BCUT2D eigenvalue weighted by Gasteiger charge is -2.10. The summed E-state index contributed by atoms with van der Waals surface area (Å²) >= 11 is 0.832. The van der Waals surface area contributed by atoms with E-state index in [-0.39, 0.29) is 13.2 Å². The summed E-state index contributed by atoms with van der Waals surface area (Å²) in [5, 5.41) is -0.453. The molecular formula is C14H16N2O4S. The van der Waals surface area contributed by atoms with Crippen LogP contribution in [0.1, 0.15) is 18.3 Å². The molecule has 112 valence electrons. The van der Waals surface area contributed by atoms with Gasteiger partial charge in [0.2, 0.25) is 0 Å². The Bertz CT molecular complexity index is 633. The molecule has 1 aliphatic rings. The van der Waals surface area contributed by atoms with Crippen LogP contribution in [0.3, 0.4) is 0 Å². The number of imide groups is 1. The molecule has 0 spiro atoms. The first-order valence-electron chi connectivity index (χ1n) is 6.47. The Labute approximate surface area is 126 Å². The first kappa shape index (κ1) is 15.4. The molecule has 1 aliphatic heterocycles. The number of ether oxygens (including phenoxy) is 1. The van der Waals surface area contributed by atoms with Gasteiger partial charge in [-0.3, -0.25) is 19.3 Å². The highest BCUT2D eigenvalue weighted by molar-refractivity contribution is 8.18. The summed E-state index contributed by atoms with van der Waals surface area (Å²) in [6.45, 7) is 3.49. The molecule has 2 heterocycles. The van der Waals surface area contributed by atoms with E-state index in [1.165, 1.54) is 0 Å². The SMILES string of the molecule is CCOC(=O)CN1C(=O)S/C(=C/c2ccc(C)n2C)C1=O. The van der Waals surface area contributed by atoms with E-state index < -0.39 is 17.1 Å². The van der Waals surface area contributed by atoms with Gasteiger partial charge in [0, 0.05) is 18.4 Å². The standard InChI is InChI=1S/C14H16N2O4S/c1-4-20-12(17)8-16-13(18)11(21-14(16)19)7-10-6-5-9(2)15(10)3/h5-7H,4,8H2,1-3H3/b11-7+. The summed E-state index contributed by atoms with van der Waals surface area (Å²) in [7, 11) is 1.88. The third-order valence-corrected chi connectivity index (χ3v) is 4.06. The van der Waals surface area contributed by atoms with E-state index in [2.05, 4.69) is 0 Å². The van der Waals surface area contributed by atoms with Crippen LogP contribution < -0.4 is 0 Å². The van der Waals surface area contributed by atoms with Crippen LogP contribution in [0, 0.1) is 6.92 Å². The number of nitrogens with zero attached hydrogens (tertiary/aromatic N) is 2. The van der Waals surface area contributed by atoms with Crippen molar-refractivity contribution in [2.24, 2.45) is 7.05 Å². The molecule has 1 fully saturated rings. The summed E-state index contributed by atoms with van der Waals surface area (Å²) in [4.78, 5) is 36.6. The number of amides is 2. The topological polar surface area (TPSA) is 68.6 Å². The van der Waals surface area contributed by atoms with Gasteiger partial charge in [0.15, 0.2) is 0 Å². The van der Waals surface area contributed by atoms with Crippen LogP contribution in [-0.4, -0.2) is 39.7 Å². The quantitative estimate of drug-likeness (QED) is 0.628. The van der Waals surface area contributed by atoms with Crippen LogP contribution in [0.25, 0.3) is 6.08 Å². The molecule has 0 unspecified atom stereocenters. The highest BCUT2D eigenvalue weighted by Crippen LogP contribution is 2.32. The zero-order valence-corrected chi connectivity index (χ0v) is 12.9. The van der Waals surface area contributed by atoms with E-state index in [0.717, 1.165) is 28.0 Å². The van der Waals surface area contributed by atoms with Crippen LogP contribution in [-0.2, 0) is 21.4 Å². The molecule has 1 saturated heterocycles. The minimum absolute atomic E-state index is 0.216. The molecular weight excluding hydrogens is 292 g/mol. The Morgan fingerprint density at radius 3 is 2.67 bits per heavy atom. The molecule has 2 rings (SSSR count). The van der Waals surface area contributed by atoms with Gasteiger partial charge in [-0.25, -0.2) is 0 Å². The summed E-state index contributed by atoms with van der Waals surface area (Å²) in [6.07, 6.45) is 1.66. The maximum absolute atomic E-state index is 12.2. The van der Waals surface area contributed by atoms with Gasteiger partial charge in [-0.1, -0.05) is 0 Å². The number of rotatable bonds is 4. The minimum atomic E-state index is -0.587. The van der Waals surface area contributed by atoms with E-state index >= 15 is 0 Å². The average Bonchev–Trinajstić information content (AvgIpc) is 2.87. The van der Waals surface area contributed by atoms with Crippen molar-refractivity contribution in [3.05, 3.63) is 28.4 Å². The van der Waals surface area contributed by atoms with E-state index in [0.29, 0.717) is 4.91 Å². The van der Waals surface area contributed by atoms with Gasteiger partial charge in [-0.2, -0.15) is 0 Å². The predicted octanol–water partition coefficient (Wildman–Crippen LogP) is 1.93. The number of hydrogen-bond donors (Lipinski definition) is 0. The van der Waals surface area contributed by atoms with E-state index in [1.54, 1.807) is 13.0 Å². The van der Waals surface area contributed by atoms with Gasteiger partial charge in [0.1, 0.15) is 6.54 Å². The molecule has 0 radical (unpaired) electrons. The van der Waals surface area contributed by atoms with Gasteiger partial charge in [0.05, 0.1) is 11.5 Å². The predicted molar refractivity (Wildman–Crippen MR) is 79.5 cm³/mol. The normalized spacial score (nSPS) is 16.9. The molecule has 0 N–H and O–H groups in total. The monoisotopic (exact) mass is 308 g/mol. The van der Waals surface area contributed by atoms with Crippen LogP contribution in [0.15, 0.2) is 17.0 Å². The van der Waals surface area contributed by atoms with Crippen molar-refractivity contribution in [3.8, 4) is 0 Å². The van der Waals surface area contributed by atoms with Crippen LogP contribution in [0.5, 0.6) is 0 Å². The molecule has 0 saturated carbocycles. The Kier molecular flexibility index (Phi) is 4.52. The van der Waals surface area contributed by atoms with E-state index in [9.17, 15) is 14.4 Å². The van der Waals surface area contributed by atoms with Crippen LogP contribution >= 0.6 is 11.8 Å². The lowest BCUT2D eigenvalue weighted by atomic mass is 10.3. The molecule has 0 aromatic carbocycles. The van der Waals surface area contributed by atoms with Crippen LogP contribution in [0.2, 0.25) is 0 Å². The Morgan fingerprint density at radius 1 is 1.38 bits per heavy atom. The fourth-order valence-corrected chi connectivity index (χ4v) is 2.71. The van der Waals surface area contributed by atoms with Gasteiger partial charge in [-0.05, 0) is 43.8 Å². The lowest BCUT2D eigenvalue weighted by Crippen LogP contribution is -2.34. The van der Waals surface area contributed by atoms with Gasteiger partial charge in [0.25, 0.3) is 11.1 Å². The number of aryl methyl sites for hydroxylation is 1. The summed E-state index contributed by atoms with van der Waals surface area (Å²) in [5.41, 5.74) is 1.88. The summed E-state index contributed by atoms with van der Waals surface area (Å²) < 4.78 is 6.67. The Balaban J connectivity index is 2.18. The van der Waals surface area contributed by atoms with Crippen molar-refractivity contribution in [1.29, 1.82) is 0 Å². The highest BCUT2D eigenvalue weighted by Gasteiger charge is 2.36. The van der Waals surface area contributed by atoms with E-state index in [1.807, 2.05) is 30.7 Å². The van der Waals surface area contributed by atoms with Gasteiger partial charge < -0.3 is 9.30 Å². The zero-order chi connectivity index (χ0) is 15.6. The fourth-order valence-electron chi connectivity index (χ4n) is 1.88. The van der Waals surface area contributed by atoms with Gasteiger partial charge >= 0.3 is 5.97 Å². The largest absolute Gasteiger partial charge is 0.465 e. The second-order valence-electron chi connectivity index (χ2n) is 4.53. The van der Waals surface area contributed by atoms with Crippen molar-refractivity contribution in [2.75, 3.05) is 13.2 Å². The Hall–Kier alpha value is -2.02. The number of hydrogen-bond acceptors (Lipinski definition) is 5. The van der Waals surface area contributed by atoms with Crippen molar-refractivity contribution in [3.63, 3.8) is 0 Å². The number of thioether (sulfide) groups is 1. The van der Waals surface area contributed by atoms with Gasteiger partial charge in [-0.15, -0.1) is 0 Å².